The molecule has 22 heavy (non-hydrogen) atoms. The van der Waals surface area contributed by atoms with Crippen molar-refractivity contribution in [2.45, 2.75) is 32.6 Å². The third-order valence-corrected chi connectivity index (χ3v) is 3.87. The lowest BCUT2D eigenvalue weighted by Gasteiger charge is -2.17. The van der Waals surface area contributed by atoms with Crippen LogP contribution in [0.1, 0.15) is 44.0 Å². The number of hydrogen-bond acceptors (Lipinski definition) is 5. The molecule has 3 aromatic rings. The molecule has 0 saturated heterocycles. The van der Waals surface area contributed by atoms with Crippen molar-refractivity contribution in [3.05, 3.63) is 41.7 Å². The van der Waals surface area contributed by atoms with E-state index in [-0.39, 0.29) is 5.92 Å². The van der Waals surface area contributed by atoms with Crippen LogP contribution in [0.4, 0.5) is 5.82 Å². The molecule has 114 valence electrons. The summed E-state index contributed by atoms with van der Waals surface area (Å²) in [5.74, 6) is 1.82. The van der Waals surface area contributed by atoms with E-state index in [0.29, 0.717) is 17.6 Å². The minimum atomic E-state index is 0.0123. The van der Waals surface area contributed by atoms with Gasteiger partial charge in [0.25, 0.3) is 0 Å². The summed E-state index contributed by atoms with van der Waals surface area (Å²) in [6.45, 7) is 4.41. The third kappa shape index (κ3) is 2.90. The van der Waals surface area contributed by atoms with Crippen molar-refractivity contribution in [2.24, 2.45) is 5.92 Å². The third-order valence-electron chi connectivity index (χ3n) is 3.87. The van der Waals surface area contributed by atoms with Crippen LogP contribution >= 0.6 is 0 Å². The molecule has 0 aliphatic rings. The van der Waals surface area contributed by atoms with Gasteiger partial charge in [-0.15, -0.1) is 10.2 Å². The number of aromatic nitrogens is 5. The number of nitrogen functional groups attached to an aromatic ring is 1. The van der Waals surface area contributed by atoms with Gasteiger partial charge in [0.1, 0.15) is 5.82 Å². The second kappa shape index (κ2) is 6.09. The highest BCUT2D eigenvalue weighted by Gasteiger charge is 2.22. The summed E-state index contributed by atoms with van der Waals surface area (Å²) in [7, 11) is 0. The summed E-state index contributed by atoms with van der Waals surface area (Å²) in [6, 6.07) is 10.1. The number of tetrazole rings is 1. The number of para-hydroxylation sites is 1. The number of nitrogens with two attached hydrogens (primary N) is 1. The Morgan fingerprint density at radius 3 is 2.73 bits per heavy atom. The van der Waals surface area contributed by atoms with Crippen molar-refractivity contribution >= 4 is 16.7 Å². The lowest BCUT2D eigenvalue weighted by Crippen LogP contribution is -2.09. The van der Waals surface area contributed by atoms with E-state index >= 15 is 0 Å². The van der Waals surface area contributed by atoms with Crippen molar-refractivity contribution in [3.8, 4) is 0 Å². The fraction of sp³-hybridized carbons (Fsp3) is 0.375. The van der Waals surface area contributed by atoms with Crippen LogP contribution in [0.15, 0.2) is 30.3 Å². The van der Waals surface area contributed by atoms with Gasteiger partial charge >= 0.3 is 0 Å². The first-order valence-corrected chi connectivity index (χ1v) is 7.53. The molecule has 1 aromatic carbocycles. The summed E-state index contributed by atoms with van der Waals surface area (Å²) in [6.07, 6.45) is 1.98. The van der Waals surface area contributed by atoms with E-state index in [2.05, 4.69) is 45.5 Å². The van der Waals surface area contributed by atoms with Gasteiger partial charge in [0.15, 0.2) is 5.82 Å². The molecule has 0 radical (unpaired) electrons. The largest absolute Gasteiger partial charge is 0.383 e. The molecule has 0 spiro atoms. The van der Waals surface area contributed by atoms with Crippen molar-refractivity contribution in [3.63, 3.8) is 0 Å². The number of rotatable bonds is 5. The number of benzene rings is 1. The summed E-state index contributed by atoms with van der Waals surface area (Å²) in [4.78, 5) is 4.53. The number of nitrogens with one attached hydrogen (secondary N) is 1. The van der Waals surface area contributed by atoms with Crippen LogP contribution in [0, 0.1) is 5.92 Å². The van der Waals surface area contributed by atoms with E-state index < -0.39 is 0 Å². The highest BCUT2D eigenvalue weighted by Crippen LogP contribution is 2.32. The van der Waals surface area contributed by atoms with E-state index in [0.717, 1.165) is 29.3 Å². The molecule has 0 saturated carbocycles. The van der Waals surface area contributed by atoms with Gasteiger partial charge in [-0.3, -0.25) is 0 Å². The van der Waals surface area contributed by atoms with Gasteiger partial charge in [-0.1, -0.05) is 37.3 Å². The summed E-state index contributed by atoms with van der Waals surface area (Å²) in [5.41, 5.74) is 8.08. The number of pyridine rings is 1. The van der Waals surface area contributed by atoms with Crippen LogP contribution in [-0.2, 0) is 0 Å². The minimum Gasteiger partial charge on any atom is -0.383 e. The van der Waals surface area contributed by atoms with Gasteiger partial charge in [-0.05, 0) is 30.9 Å². The second-order valence-corrected chi connectivity index (χ2v) is 5.95. The molecule has 1 unspecified atom stereocenters. The zero-order valence-electron chi connectivity index (χ0n) is 12.8. The van der Waals surface area contributed by atoms with Gasteiger partial charge < -0.3 is 5.73 Å². The quantitative estimate of drug-likeness (QED) is 0.755. The van der Waals surface area contributed by atoms with Gasteiger partial charge in [0, 0.05) is 10.9 Å². The molecule has 0 amide bonds. The maximum absolute atomic E-state index is 6.20. The SMILES string of the molecule is CC(C)CCC(c1nn[nH]n1)c1cc2ccccc2nc1N. The fourth-order valence-electron chi connectivity index (χ4n) is 2.67. The number of hydrogen-bond donors (Lipinski definition) is 2. The molecule has 3 rings (SSSR count). The maximum atomic E-state index is 6.20. The lowest BCUT2D eigenvalue weighted by molar-refractivity contribution is 0.519. The van der Waals surface area contributed by atoms with Crippen LogP contribution in [-0.4, -0.2) is 25.6 Å². The standard InChI is InChI=1S/C16H20N6/c1-10(2)7-8-12(16-19-21-22-20-16)13-9-11-5-3-4-6-14(11)18-15(13)17/h3-6,9-10,12H,7-8H2,1-2H3,(H2,17,18)(H,19,20,21,22). The number of aromatic amines is 1. The molecule has 0 fully saturated rings. The number of anilines is 1. The molecule has 3 N–H and O–H groups in total. The zero-order valence-corrected chi connectivity index (χ0v) is 12.8. The zero-order chi connectivity index (χ0) is 15.5. The molecule has 0 aliphatic heterocycles. The highest BCUT2D eigenvalue weighted by molar-refractivity contribution is 5.81. The predicted octanol–water partition coefficient (Wildman–Crippen LogP) is 2.90. The average Bonchev–Trinajstić information content (AvgIpc) is 3.01. The van der Waals surface area contributed by atoms with Gasteiger partial charge in [-0.2, -0.15) is 5.21 Å². The van der Waals surface area contributed by atoms with E-state index in [1.807, 2.05) is 24.3 Å². The Hall–Kier alpha value is -2.50. The molecule has 0 bridgehead atoms. The Labute approximate surface area is 129 Å². The molecule has 6 heteroatoms. The summed E-state index contributed by atoms with van der Waals surface area (Å²) >= 11 is 0. The van der Waals surface area contributed by atoms with Gasteiger partial charge in [-0.25, -0.2) is 4.98 Å². The summed E-state index contributed by atoms with van der Waals surface area (Å²) in [5, 5.41) is 15.6. The van der Waals surface area contributed by atoms with E-state index in [4.69, 9.17) is 5.73 Å². The van der Waals surface area contributed by atoms with Crippen LogP contribution in [0.2, 0.25) is 0 Å². The molecule has 2 heterocycles. The molecular formula is C16H20N6. The first kappa shape index (κ1) is 14.4. The van der Waals surface area contributed by atoms with E-state index in [9.17, 15) is 0 Å². The van der Waals surface area contributed by atoms with Crippen molar-refractivity contribution in [1.29, 1.82) is 0 Å². The Balaban J connectivity index is 2.05. The molecule has 6 nitrogen and oxygen atoms in total. The van der Waals surface area contributed by atoms with Gasteiger partial charge in [0.2, 0.25) is 0 Å². The highest BCUT2D eigenvalue weighted by atomic mass is 15.5. The Bertz CT molecular complexity index is 750. The van der Waals surface area contributed by atoms with Crippen molar-refractivity contribution < 1.29 is 0 Å². The molecule has 0 aliphatic carbocycles. The Morgan fingerprint density at radius 2 is 2.00 bits per heavy atom. The average molecular weight is 296 g/mol. The van der Waals surface area contributed by atoms with Crippen LogP contribution < -0.4 is 5.73 Å². The molecule has 2 aromatic heterocycles. The smallest absolute Gasteiger partial charge is 0.182 e. The topological polar surface area (TPSA) is 93.4 Å². The van der Waals surface area contributed by atoms with Crippen LogP contribution in [0.3, 0.4) is 0 Å². The van der Waals surface area contributed by atoms with Crippen LogP contribution in [0.25, 0.3) is 10.9 Å². The van der Waals surface area contributed by atoms with Crippen molar-refractivity contribution in [2.75, 3.05) is 5.73 Å². The van der Waals surface area contributed by atoms with E-state index in [1.165, 1.54) is 0 Å². The minimum absolute atomic E-state index is 0.0123. The van der Waals surface area contributed by atoms with E-state index in [1.54, 1.807) is 0 Å². The normalized spacial score (nSPS) is 12.9. The Morgan fingerprint density at radius 1 is 1.18 bits per heavy atom. The monoisotopic (exact) mass is 296 g/mol. The maximum Gasteiger partial charge on any atom is 0.182 e. The lowest BCUT2D eigenvalue weighted by atomic mass is 9.90. The number of fused-ring (bicyclic) bond motifs is 1. The second-order valence-electron chi connectivity index (χ2n) is 5.95. The molecular weight excluding hydrogens is 276 g/mol. The van der Waals surface area contributed by atoms with Gasteiger partial charge in [0.05, 0.1) is 11.4 Å². The first-order chi connectivity index (χ1) is 10.6. The van der Waals surface area contributed by atoms with Crippen LogP contribution in [0.5, 0.6) is 0 Å². The number of nitrogens with zero attached hydrogens (tertiary/aromatic N) is 4. The van der Waals surface area contributed by atoms with Crippen molar-refractivity contribution in [1.82, 2.24) is 25.6 Å². The predicted molar refractivity (Wildman–Crippen MR) is 86.2 cm³/mol. The first-order valence-electron chi connectivity index (χ1n) is 7.53. The summed E-state index contributed by atoms with van der Waals surface area (Å²) < 4.78 is 0. The fourth-order valence-corrected chi connectivity index (χ4v) is 2.67. The Kier molecular flexibility index (Phi) is 4.00. The number of H-pyrrole nitrogens is 1. The molecule has 1 atom stereocenters.